The molecule has 204 valence electrons. The largest absolute Gasteiger partial charge is 0.480 e. The number of primary amides is 1. The van der Waals surface area contributed by atoms with Crippen LogP contribution in [0.25, 0.3) is 0 Å². The van der Waals surface area contributed by atoms with Crippen LogP contribution in [0.1, 0.15) is 52.0 Å². The van der Waals surface area contributed by atoms with Gasteiger partial charge in [-0.2, -0.15) is 11.3 Å². The number of urea groups is 1. The monoisotopic (exact) mass is 620 g/mol. The van der Waals surface area contributed by atoms with Crippen molar-refractivity contribution in [3.63, 3.8) is 0 Å². The van der Waals surface area contributed by atoms with Gasteiger partial charge in [0.1, 0.15) is 21.8 Å². The minimum atomic E-state index is -1.40. The Morgan fingerprint density at radius 1 is 1.22 bits per heavy atom. The van der Waals surface area contributed by atoms with Crippen molar-refractivity contribution in [3.05, 3.63) is 22.4 Å². The minimum absolute atomic E-state index is 0.349. The van der Waals surface area contributed by atoms with Gasteiger partial charge in [0.2, 0.25) is 17.7 Å². The van der Waals surface area contributed by atoms with Crippen molar-refractivity contribution < 1.29 is 39.0 Å². The van der Waals surface area contributed by atoms with Gasteiger partial charge in [0.15, 0.2) is 5.92 Å². The van der Waals surface area contributed by atoms with Crippen molar-refractivity contribution in [2.75, 3.05) is 0 Å². The summed E-state index contributed by atoms with van der Waals surface area (Å²) in [4.78, 5) is 70.6. The van der Waals surface area contributed by atoms with E-state index in [1.807, 2.05) is 19.2 Å². The molecule has 0 spiro atoms. The molecule has 2 fully saturated rings. The Balaban J connectivity index is 0.000000341. The van der Waals surface area contributed by atoms with Crippen LogP contribution in [-0.2, 0) is 24.0 Å². The highest BCUT2D eigenvalue weighted by Crippen LogP contribution is 2.50. The lowest BCUT2D eigenvalue weighted by molar-refractivity contribution is -0.161. The van der Waals surface area contributed by atoms with Crippen molar-refractivity contribution in [2.45, 2.75) is 73.0 Å². The van der Waals surface area contributed by atoms with E-state index in [1.165, 1.54) is 28.0 Å². The summed E-state index contributed by atoms with van der Waals surface area (Å²) in [6.45, 7) is 7.18. The second-order valence-corrected chi connectivity index (χ2v) is 13.0. The third-order valence-electron chi connectivity index (χ3n) is 6.12. The topological polar surface area (TPSA) is 196 Å². The third kappa shape index (κ3) is 6.44. The maximum absolute atomic E-state index is 12.4. The molecule has 2 saturated heterocycles. The van der Waals surface area contributed by atoms with Gasteiger partial charge in [-0.05, 0) is 49.1 Å². The van der Waals surface area contributed by atoms with E-state index in [0.717, 1.165) is 0 Å². The van der Waals surface area contributed by atoms with Crippen LogP contribution in [0.2, 0.25) is 0 Å². The molecule has 6 N–H and O–H groups in total. The van der Waals surface area contributed by atoms with E-state index in [0.29, 0.717) is 18.4 Å². The van der Waals surface area contributed by atoms with Gasteiger partial charge in [-0.1, -0.05) is 29.8 Å². The molecule has 3 rings (SSSR count). The standard InChI is InChI=1S/C15H16N2O6S2.C7H13BrN2O2/c1-15(2)9(14(22)23)17-11(19)8(12(17)25-15)16-10(18)7(13(20)21)6-3-4-24-5-6;1-3-7(8,4-2)5(11)10-6(9)12/h3-5,7-9,12H,1-2H3,(H,16,18)(H,20,21)(H,22,23);3-4H2,1-2H3,(H3,9,10,11,12)/t7-,8-,9+,12-;/m1./s1. The summed E-state index contributed by atoms with van der Waals surface area (Å²) in [6.07, 6.45) is 1.23. The van der Waals surface area contributed by atoms with Crippen molar-refractivity contribution in [1.29, 1.82) is 0 Å². The number of alkyl halides is 1. The molecular weight excluding hydrogens is 592 g/mol. The summed E-state index contributed by atoms with van der Waals surface area (Å²) in [7, 11) is 0. The number of carboxylic acids is 2. The molecule has 0 bridgehead atoms. The fourth-order valence-corrected chi connectivity index (χ4v) is 6.43. The second kappa shape index (κ2) is 11.8. The number of thiophene rings is 1. The predicted molar refractivity (Wildman–Crippen MR) is 140 cm³/mol. The number of carboxylic acid groups (broad SMARTS) is 2. The molecule has 15 heteroatoms. The molecule has 12 nitrogen and oxygen atoms in total. The Hall–Kier alpha value is -2.65. The number of nitrogens with two attached hydrogens (primary N) is 1. The molecule has 2 aliphatic rings. The number of nitrogens with one attached hydrogen (secondary N) is 2. The van der Waals surface area contributed by atoms with E-state index in [9.17, 15) is 39.0 Å². The highest BCUT2D eigenvalue weighted by Gasteiger charge is 2.64. The van der Waals surface area contributed by atoms with Crippen molar-refractivity contribution in [3.8, 4) is 0 Å². The average molecular weight is 622 g/mol. The van der Waals surface area contributed by atoms with E-state index >= 15 is 0 Å². The molecule has 1 aromatic heterocycles. The number of fused-ring (bicyclic) bond motifs is 1. The molecular formula is C22H29BrN4O8S2. The number of thioether (sulfide) groups is 1. The quantitative estimate of drug-likeness (QED) is 0.163. The van der Waals surface area contributed by atoms with E-state index in [-0.39, 0.29) is 5.91 Å². The maximum atomic E-state index is 12.4. The SMILES string of the molecule is CC1(C)S[C@@H]2[C@H](NC(=O)[C@H](C(=O)O)c3ccsc3)C(=O)N2[C@H]1C(=O)O.CCC(Br)(CC)C(=O)NC(N)=O. The number of hydrogen-bond acceptors (Lipinski definition) is 8. The smallest absolute Gasteiger partial charge is 0.327 e. The first-order chi connectivity index (χ1) is 17.1. The Bertz CT molecular complexity index is 1080. The van der Waals surface area contributed by atoms with Gasteiger partial charge >= 0.3 is 18.0 Å². The van der Waals surface area contributed by atoms with Gasteiger partial charge in [0.05, 0.1) is 0 Å². The fourth-order valence-electron chi connectivity index (χ4n) is 4.02. The Morgan fingerprint density at radius 3 is 2.24 bits per heavy atom. The highest BCUT2D eigenvalue weighted by molar-refractivity contribution is 9.10. The van der Waals surface area contributed by atoms with Gasteiger partial charge in [0, 0.05) is 4.75 Å². The number of rotatable bonds is 8. The predicted octanol–water partition coefficient (Wildman–Crippen LogP) is 1.68. The summed E-state index contributed by atoms with van der Waals surface area (Å²) in [5.41, 5.74) is 5.16. The van der Waals surface area contributed by atoms with Gasteiger partial charge in [-0.3, -0.25) is 24.5 Å². The Morgan fingerprint density at radius 2 is 1.81 bits per heavy atom. The Labute approximate surface area is 229 Å². The summed E-state index contributed by atoms with van der Waals surface area (Å²) in [6, 6.07) is -1.16. The van der Waals surface area contributed by atoms with E-state index in [1.54, 1.807) is 30.7 Å². The minimum Gasteiger partial charge on any atom is -0.480 e. The molecule has 5 amide bonds. The number of carbonyl (C=O) groups is 6. The first-order valence-corrected chi connectivity index (χ1v) is 13.8. The van der Waals surface area contributed by atoms with Gasteiger partial charge in [0.25, 0.3) is 0 Å². The van der Waals surface area contributed by atoms with Crippen molar-refractivity contribution in [1.82, 2.24) is 15.5 Å². The number of amides is 5. The molecule has 0 radical (unpaired) electrons. The number of imide groups is 1. The fraction of sp³-hybridized carbons (Fsp3) is 0.545. The molecule has 37 heavy (non-hydrogen) atoms. The molecule has 3 heterocycles. The van der Waals surface area contributed by atoms with Crippen molar-refractivity contribution in [2.24, 2.45) is 5.73 Å². The third-order valence-corrected chi connectivity index (χ3v) is 9.88. The molecule has 1 aromatic rings. The lowest BCUT2D eigenvalue weighted by Crippen LogP contribution is -2.71. The molecule has 0 aliphatic carbocycles. The maximum Gasteiger partial charge on any atom is 0.327 e. The number of halogens is 1. The zero-order valence-electron chi connectivity index (χ0n) is 20.5. The summed E-state index contributed by atoms with van der Waals surface area (Å²) >= 11 is 5.82. The first-order valence-electron chi connectivity index (χ1n) is 11.2. The number of nitrogens with zero attached hydrogens (tertiary/aromatic N) is 1. The zero-order valence-corrected chi connectivity index (χ0v) is 23.7. The molecule has 0 unspecified atom stereocenters. The summed E-state index contributed by atoms with van der Waals surface area (Å²) in [5.74, 6) is -5.45. The van der Waals surface area contributed by atoms with E-state index < -0.39 is 62.2 Å². The number of hydrogen-bond donors (Lipinski definition) is 5. The number of β-lactam (4-membered cyclic amide) rings is 1. The van der Waals surface area contributed by atoms with Crippen LogP contribution in [0.5, 0.6) is 0 Å². The lowest BCUT2D eigenvalue weighted by atomic mass is 9.95. The van der Waals surface area contributed by atoms with Gasteiger partial charge < -0.3 is 26.2 Å². The molecule has 4 atom stereocenters. The van der Waals surface area contributed by atoms with Crippen LogP contribution in [0.4, 0.5) is 4.79 Å². The summed E-state index contributed by atoms with van der Waals surface area (Å²) in [5, 5.41) is 26.0. The average Bonchev–Trinajstić information content (AvgIpc) is 3.41. The number of aliphatic carboxylic acids is 2. The van der Waals surface area contributed by atoms with Gasteiger partial charge in [-0.25, -0.2) is 9.59 Å². The van der Waals surface area contributed by atoms with Crippen LogP contribution in [-0.4, -0.2) is 77.3 Å². The van der Waals surface area contributed by atoms with Gasteiger partial charge in [-0.15, -0.1) is 11.8 Å². The lowest BCUT2D eigenvalue weighted by Gasteiger charge is -2.43. The van der Waals surface area contributed by atoms with Crippen LogP contribution in [0.3, 0.4) is 0 Å². The zero-order chi connectivity index (χ0) is 28.3. The van der Waals surface area contributed by atoms with Crippen LogP contribution in [0.15, 0.2) is 16.8 Å². The van der Waals surface area contributed by atoms with Crippen LogP contribution >= 0.6 is 39.0 Å². The van der Waals surface area contributed by atoms with Crippen LogP contribution in [0, 0.1) is 0 Å². The van der Waals surface area contributed by atoms with Crippen molar-refractivity contribution >= 4 is 74.7 Å². The Kier molecular flexibility index (Phi) is 9.76. The molecule has 0 aromatic carbocycles. The molecule has 0 saturated carbocycles. The van der Waals surface area contributed by atoms with Crippen LogP contribution < -0.4 is 16.4 Å². The van der Waals surface area contributed by atoms with E-state index in [4.69, 9.17) is 5.73 Å². The van der Waals surface area contributed by atoms with E-state index in [2.05, 4.69) is 21.2 Å². The normalized spacial score (nSPS) is 22.5. The first kappa shape index (κ1) is 30.6. The summed E-state index contributed by atoms with van der Waals surface area (Å²) < 4.78 is -1.37. The number of carbonyl (C=O) groups excluding carboxylic acids is 4. The second-order valence-electron chi connectivity index (χ2n) is 8.90. The highest BCUT2D eigenvalue weighted by atomic mass is 79.9. The molecule has 2 aliphatic heterocycles.